The molecule has 0 spiro atoms. The number of aromatic amines is 1. The number of rotatable bonds is 12. The Kier molecular flexibility index (Phi) is 18.8. The number of aliphatic hydroxyl groups excluding tert-OH is 3. The summed E-state index contributed by atoms with van der Waals surface area (Å²) in [4.78, 5) is 41.8. The summed E-state index contributed by atoms with van der Waals surface area (Å²) in [6.45, 7) is 1.54. The maximum Gasteiger partial charge on any atom is 0.256 e. The molecule has 0 radical (unpaired) electrons. The molecule has 86 heavy (non-hydrogen) atoms. The zero-order chi connectivity index (χ0) is 60.9. The molecule has 4 heterocycles. The van der Waals surface area contributed by atoms with Gasteiger partial charge >= 0.3 is 0 Å². The molecule has 24 heteroatoms. The average molecular weight is 1250 g/mol. The molecule has 7 N–H and O–H groups in total. The van der Waals surface area contributed by atoms with Gasteiger partial charge in [-0.2, -0.15) is 12.9 Å². The molecule has 12 rings (SSSR count). The quantitative estimate of drug-likeness (QED) is 0.0605. The molecular formula is C62H63ClFN7O12S3. The van der Waals surface area contributed by atoms with E-state index < -0.39 is 60.1 Å². The molecule has 0 bridgehead atoms. The lowest BCUT2D eigenvalue weighted by atomic mass is 10.0. The topological polar surface area (TPSA) is 276 Å². The highest BCUT2D eigenvalue weighted by molar-refractivity contribution is 7.89. The van der Waals surface area contributed by atoms with E-state index in [0.29, 0.717) is 90.5 Å². The number of carbonyl (C=O) groups excluding carboxylic acids is 3. The van der Waals surface area contributed by atoms with Crippen molar-refractivity contribution in [3.8, 4) is 0 Å². The first-order valence-electron chi connectivity index (χ1n) is 28.0. The van der Waals surface area contributed by atoms with Gasteiger partial charge in [-0.3, -0.25) is 14.4 Å². The Bertz CT molecular complexity index is 4110. The number of benzene rings is 6. The first-order chi connectivity index (χ1) is 41.1. The first-order valence-corrected chi connectivity index (χ1v) is 32.7. The highest BCUT2D eigenvalue weighted by Crippen LogP contribution is 2.34. The fourth-order valence-corrected chi connectivity index (χ4v) is 15.7. The average Bonchev–Trinajstić information content (AvgIpc) is 1.56. The standard InChI is InChI=1S/C21H20ClFN2O4S.C21H22N2O4S.C20H21N3O4S/c22-19-11-14(4-5-20(19)23)24-21(27)18-12-16(10-13-2-1-3-17(13)18)30(28,29)25-8-6-15(26)7-9-25;24-17-9-11-23(12-10-17)28(26,27)18-13-15-5-4-8-19(15)20(14-18)21(25)22-16-6-2-1-3-7-16;24-17-7-10-23(11-8-17)28(26,27)18-13-15(12-14-6-9-21-19(14)18)20(25)22-16-4-2-1-3-5-16/h1,3-5,10-12,15,26H,2,6-9H2,(H,24,27);1-4,6-8,13-14,17,24H,5,9-12H2,(H,22,25);1-6,9,12-13,17,21,24H,7-8,10-11H2,(H,22,25). The van der Waals surface area contributed by atoms with Crippen molar-refractivity contribution < 1.29 is 59.3 Å². The number of nitrogens with zero attached hydrogens (tertiary/aromatic N) is 3. The van der Waals surface area contributed by atoms with Crippen molar-refractivity contribution in [2.75, 3.05) is 55.2 Å². The second-order valence-electron chi connectivity index (χ2n) is 21.3. The number of halogens is 2. The fourth-order valence-electron chi connectivity index (χ4n) is 10.8. The minimum absolute atomic E-state index is 0.0450. The normalized spacial score (nSPS) is 17.0. The van der Waals surface area contributed by atoms with Crippen LogP contribution in [0.4, 0.5) is 21.5 Å². The summed E-state index contributed by atoms with van der Waals surface area (Å²) in [5.74, 6) is -1.82. The van der Waals surface area contributed by atoms with E-state index in [1.54, 1.807) is 60.8 Å². The molecule has 0 atom stereocenters. The molecule has 3 saturated heterocycles. The fraction of sp³-hybridized carbons (Fsp3) is 0.274. The van der Waals surface area contributed by atoms with Crippen LogP contribution < -0.4 is 16.0 Å². The van der Waals surface area contributed by atoms with Crippen molar-refractivity contribution in [2.45, 2.75) is 84.4 Å². The van der Waals surface area contributed by atoms with Crippen LogP contribution in [0.25, 0.3) is 23.1 Å². The van der Waals surface area contributed by atoms with Crippen LogP contribution in [0.5, 0.6) is 0 Å². The third kappa shape index (κ3) is 13.9. The number of hydrogen-bond donors (Lipinski definition) is 7. The van der Waals surface area contributed by atoms with Gasteiger partial charge in [-0.05, 0) is 159 Å². The van der Waals surface area contributed by atoms with Gasteiger partial charge in [0.1, 0.15) is 10.7 Å². The summed E-state index contributed by atoms with van der Waals surface area (Å²) >= 11 is 5.78. The lowest BCUT2D eigenvalue weighted by Gasteiger charge is -2.29. The maximum atomic E-state index is 13.4. The maximum absolute atomic E-state index is 13.4. The number of allylic oxidation sites excluding steroid dienone is 2. The number of sulfonamides is 3. The summed E-state index contributed by atoms with van der Waals surface area (Å²) in [7, 11) is -11.3. The van der Waals surface area contributed by atoms with E-state index in [0.717, 1.165) is 22.8 Å². The Balaban J connectivity index is 0.000000143. The van der Waals surface area contributed by atoms with Crippen molar-refractivity contribution in [3.05, 3.63) is 189 Å². The number of para-hydroxylation sites is 2. The number of aromatic nitrogens is 1. The highest BCUT2D eigenvalue weighted by atomic mass is 35.5. The Hall–Kier alpha value is -7.42. The number of piperidine rings is 3. The van der Waals surface area contributed by atoms with E-state index >= 15 is 0 Å². The van der Waals surface area contributed by atoms with Crippen LogP contribution in [0.3, 0.4) is 0 Å². The van der Waals surface area contributed by atoms with E-state index in [1.807, 2.05) is 54.6 Å². The third-order valence-electron chi connectivity index (χ3n) is 15.5. The van der Waals surface area contributed by atoms with Gasteiger partial charge in [0, 0.05) is 84.6 Å². The second-order valence-corrected chi connectivity index (χ2v) is 27.5. The van der Waals surface area contributed by atoms with Gasteiger partial charge in [0.2, 0.25) is 30.1 Å². The van der Waals surface area contributed by atoms with Crippen LogP contribution in [0.1, 0.15) is 91.9 Å². The highest BCUT2D eigenvalue weighted by Gasteiger charge is 2.34. The Morgan fingerprint density at radius 3 is 1.40 bits per heavy atom. The van der Waals surface area contributed by atoms with Crippen molar-refractivity contribution >= 4 is 99.5 Å². The lowest BCUT2D eigenvalue weighted by Crippen LogP contribution is -2.40. The number of hydrogen-bond acceptors (Lipinski definition) is 12. The molecule has 0 saturated carbocycles. The van der Waals surface area contributed by atoms with Gasteiger partial charge in [0.05, 0.1) is 38.6 Å². The monoisotopic (exact) mass is 1250 g/mol. The van der Waals surface area contributed by atoms with Crippen LogP contribution in [0.15, 0.2) is 154 Å². The molecule has 19 nitrogen and oxygen atoms in total. The lowest BCUT2D eigenvalue weighted by molar-refractivity contribution is 0.101. The predicted molar refractivity (Wildman–Crippen MR) is 327 cm³/mol. The van der Waals surface area contributed by atoms with E-state index in [4.69, 9.17) is 11.6 Å². The summed E-state index contributed by atoms with van der Waals surface area (Å²) < 4.78 is 96.5. The first kappa shape index (κ1) is 61.7. The van der Waals surface area contributed by atoms with Crippen LogP contribution in [0, 0.1) is 5.82 Å². The molecule has 2 aliphatic carbocycles. The van der Waals surface area contributed by atoms with E-state index in [9.17, 15) is 59.3 Å². The molecule has 7 aromatic rings. The molecule has 3 fully saturated rings. The zero-order valence-corrected chi connectivity index (χ0v) is 49.6. The Labute approximate surface area is 503 Å². The Morgan fingerprint density at radius 2 is 0.942 bits per heavy atom. The van der Waals surface area contributed by atoms with Crippen LogP contribution in [0.2, 0.25) is 5.02 Å². The number of carbonyl (C=O) groups is 3. The van der Waals surface area contributed by atoms with Gasteiger partial charge in [-0.1, -0.05) is 72.3 Å². The molecule has 3 amide bonds. The van der Waals surface area contributed by atoms with Crippen LogP contribution >= 0.6 is 11.6 Å². The largest absolute Gasteiger partial charge is 0.393 e. The van der Waals surface area contributed by atoms with Crippen LogP contribution in [-0.2, 0) is 42.9 Å². The summed E-state index contributed by atoms with van der Waals surface area (Å²) in [5, 5.41) is 37.8. The summed E-state index contributed by atoms with van der Waals surface area (Å²) in [6, 6.07) is 32.8. The third-order valence-corrected chi connectivity index (χ3v) is 21.5. The van der Waals surface area contributed by atoms with Gasteiger partial charge < -0.3 is 36.3 Å². The van der Waals surface area contributed by atoms with E-state index in [2.05, 4.69) is 20.9 Å². The van der Waals surface area contributed by atoms with Gasteiger partial charge in [0.25, 0.3) is 17.7 Å². The minimum Gasteiger partial charge on any atom is -0.393 e. The number of anilines is 3. The number of fused-ring (bicyclic) bond motifs is 3. The van der Waals surface area contributed by atoms with Gasteiger partial charge in [-0.25, -0.2) is 29.6 Å². The summed E-state index contributed by atoms with van der Waals surface area (Å²) in [6.07, 6.45) is 11.2. The molecule has 450 valence electrons. The molecule has 3 aliphatic heterocycles. The van der Waals surface area contributed by atoms with Gasteiger partial charge in [-0.15, -0.1) is 0 Å². The number of aliphatic hydroxyl groups is 3. The zero-order valence-electron chi connectivity index (χ0n) is 46.4. The molecule has 5 aliphatic rings. The van der Waals surface area contributed by atoms with Crippen molar-refractivity contribution in [2.24, 2.45) is 0 Å². The van der Waals surface area contributed by atoms with Gasteiger partial charge in [0.15, 0.2) is 0 Å². The van der Waals surface area contributed by atoms with Crippen LogP contribution in [-0.4, -0.2) is 134 Å². The van der Waals surface area contributed by atoms with Crippen molar-refractivity contribution in [3.63, 3.8) is 0 Å². The molecule has 0 unspecified atom stereocenters. The number of H-pyrrole nitrogens is 1. The van der Waals surface area contributed by atoms with E-state index in [1.165, 1.54) is 43.2 Å². The summed E-state index contributed by atoms with van der Waals surface area (Å²) in [5.41, 5.74) is 5.91. The van der Waals surface area contributed by atoms with Crippen molar-refractivity contribution in [1.29, 1.82) is 0 Å². The predicted octanol–water partition coefficient (Wildman–Crippen LogP) is 8.67. The number of amides is 3. The molecule has 1 aromatic heterocycles. The van der Waals surface area contributed by atoms with E-state index in [-0.39, 0.29) is 81.9 Å². The molecule has 6 aromatic carbocycles. The SMILES string of the molecule is O=C(Nc1ccc(F)c(Cl)c1)c1cc(S(=O)(=O)N2CCC(O)CC2)cc2c1C=CC2.O=C(Nc1ccccc1)c1cc(S(=O)(=O)N2CCC(O)CC2)c2[nH]ccc2c1.O=C(Nc1ccccc1)c1cc(S(=O)(=O)N2CCC(O)CC2)cc2c1C=CC2. The van der Waals surface area contributed by atoms with Crippen molar-refractivity contribution in [1.82, 2.24) is 17.9 Å². The Morgan fingerprint density at radius 1 is 0.512 bits per heavy atom. The smallest absolute Gasteiger partial charge is 0.256 e. The second kappa shape index (κ2) is 26.3. The molecular weight excluding hydrogens is 1190 g/mol. The minimum atomic E-state index is -3.80. The number of nitrogens with one attached hydrogen (secondary N) is 4.